The summed E-state index contributed by atoms with van der Waals surface area (Å²) >= 11 is 0. The molecule has 1 amide bonds. The van der Waals surface area contributed by atoms with Crippen LogP contribution in [0.15, 0.2) is 17.3 Å². The zero-order valence-corrected chi connectivity index (χ0v) is 11.9. The molecular weight excluding hydrogens is 268 g/mol. The predicted octanol–water partition coefficient (Wildman–Crippen LogP) is -0.101. The number of carbonyl (C=O) groups excluding carboxylic acids is 1. The summed E-state index contributed by atoms with van der Waals surface area (Å²) in [6.45, 7) is 0.733. The Morgan fingerprint density at radius 2 is 2.05 bits per heavy atom. The van der Waals surface area contributed by atoms with Gasteiger partial charge in [0.1, 0.15) is 0 Å². The summed E-state index contributed by atoms with van der Waals surface area (Å²) in [5.74, 6) is -0.0122. The van der Waals surface area contributed by atoms with E-state index in [1.807, 2.05) is 0 Å². The van der Waals surface area contributed by atoms with Gasteiger partial charge < -0.3 is 4.90 Å². The number of hydrogen-bond donors (Lipinski definition) is 1. The molecule has 0 spiro atoms. The van der Waals surface area contributed by atoms with Gasteiger partial charge in [-0.2, -0.15) is 9.40 Å². The minimum Gasteiger partial charge on any atom is -0.349 e. The number of carbonyl (C=O) groups is 1. The van der Waals surface area contributed by atoms with E-state index >= 15 is 0 Å². The first-order valence-electron chi connectivity index (χ1n) is 6.13. The van der Waals surface area contributed by atoms with Crippen molar-refractivity contribution in [2.24, 2.45) is 5.92 Å². The third-order valence-corrected chi connectivity index (χ3v) is 5.17. The van der Waals surface area contributed by atoms with Gasteiger partial charge in [-0.05, 0) is 18.9 Å². The molecule has 1 fully saturated rings. The summed E-state index contributed by atoms with van der Waals surface area (Å²) in [6.07, 6.45) is 2.53. The summed E-state index contributed by atoms with van der Waals surface area (Å²) in [7, 11) is -0.0611. The van der Waals surface area contributed by atoms with Crippen LogP contribution in [0.5, 0.6) is 0 Å². The van der Waals surface area contributed by atoms with Crippen LogP contribution in [0.4, 0.5) is 0 Å². The van der Waals surface area contributed by atoms with Crippen LogP contribution in [0.1, 0.15) is 12.8 Å². The number of amides is 1. The van der Waals surface area contributed by atoms with Gasteiger partial charge in [0.05, 0.1) is 6.20 Å². The number of piperidine rings is 1. The second kappa shape index (κ2) is 5.30. The van der Waals surface area contributed by atoms with Crippen LogP contribution in [-0.4, -0.2) is 60.9 Å². The van der Waals surface area contributed by atoms with E-state index in [1.165, 1.54) is 16.6 Å². The Morgan fingerprint density at radius 1 is 1.42 bits per heavy atom. The third-order valence-electron chi connectivity index (χ3n) is 3.34. The van der Waals surface area contributed by atoms with Gasteiger partial charge in [0.25, 0.3) is 10.0 Å². The lowest BCUT2D eigenvalue weighted by Gasteiger charge is -2.31. The maximum atomic E-state index is 12.2. The largest absolute Gasteiger partial charge is 0.349 e. The van der Waals surface area contributed by atoms with E-state index in [4.69, 9.17) is 0 Å². The fourth-order valence-electron chi connectivity index (χ4n) is 2.23. The first-order valence-corrected chi connectivity index (χ1v) is 7.57. The van der Waals surface area contributed by atoms with Crippen molar-refractivity contribution in [3.63, 3.8) is 0 Å². The van der Waals surface area contributed by atoms with Crippen LogP contribution in [0.25, 0.3) is 0 Å². The van der Waals surface area contributed by atoms with E-state index in [1.54, 1.807) is 19.0 Å². The monoisotopic (exact) mass is 286 g/mol. The maximum absolute atomic E-state index is 12.2. The smallest absolute Gasteiger partial charge is 0.259 e. The van der Waals surface area contributed by atoms with Gasteiger partial charge in [-0.15, -0.1) is 0 Å². The van der Waals surface area contributed by atoms with E-state index in [-0.39, 0.29) is 16.9 Å². The van der Waals surface area contributed by atoms with Gasteiger partial charge in [0.15, 0.2) is 5.03 Å². The summed E-state index contributed by atoms with van der Waals surface area (Å²) in [6, 6.07) is 1.44. The fourth-order valence-corrected chi connectivity index (χ4v) is 3.60. The molecule has 0 aromatic carbocycles. The second-order valence-corrected chi connectivity index (χ2v) is 6.74. The molecule has 1 aromatic heterocycles. The van der Waals surface area contributed by atoms with Gasteiger partial charge in [-0.25, -0.2) is 8.42 Å². The molecule has 0 unspecified atom stereocenters. The average Bonchev–Trinajstić information content (AvgIpc) is 2.92. The summed E-state index contributed by atoms with van der Waals surface area (Å²) in [4.78, 5) is 13.4. The van der Waals surface area contributed by atoms with Crippen LogP contribution in [-0.2, 0) is 14.8 Å². The number of rotatable bonds is 3. The van der Waals surface area contributed by atoms with Crippen LogP contribution in [0.3, 0.4) is 0 Å². The van der Waals surface area contributed by atoms with Gasteiger partial charge in [0, 0.05) is 33.1 Å². The topological polar surface area (TPSA) is 86.4 Å². The highest BCUT2D eigenvalue weighted by Gasteiger charge is 2.33. The number of H-pyrrole nitrogens is 1. The Bertz CT molecular complexity index is 530. The first kappa shape index (κ1) is 14.0. The van der Waals surface area contributed by atoms with Crippen molar-refractivity contribution in [3.8, 4) is 0 Å². The zero-order chi connectivity index (χ0) is 14.0. The highest BCUT2D eigenvalue weighted by Crippen LogP contribution is 2.23. The van der Waals surface area contributed by atoms with Crippen LogP contribution in [0.2, 0.25) is 0 Å². The fraction of sp³-hybridized carbons (Fsp3) is 0.636. The molecule has 2 heterocycles. The Balaban J connectivity index is 2.03. The van der Waals surface area contributed by atoms with E-state index in [0.29, 0.717) is 25.9 Å². The molecule has 19 heavy (non-hydrogen) atoms. The Morgan fingerprint density at radius 3 is 2.53 bits per heavy atom. The highest BCUT2D eigenvalue weighted by molar-refractivity contribution is 7.89. The van der Waals surface area contributed by atoms with Crippen molar-refractivity contribution in [2.45, 2.75) is 17.9 Å². The number of sulfonamides is 1. The number of nitrogens with one attached hydrogen (secondary N) is 1. The van der Waals surface area contributed by atoms with Crippen molar-refractivity contribution in [2.75, 3.05) is 27.2 Å². The average molecular weight is 286 g/mol. The summed E-state index contributed by atoms with van der Waals surface area (Å²) < 4.78 is 25.8. The van der Waals surface area contributed by atoms with Crippen molar-refractivity contribution in [1.82, 2.24) is 19.4 Å². The SMILES string of the molecule is CN(C)C(=O)C1CCN(S(=O)(=O)c2ccn[nH]2)CC1. The number of aromatic amines is 1. The van der Waals surface area contributed by atoms with E-state index in [9.17, 15) is 13.2 Å². The van der Waals surface area contributed by atoms with Crippen molar-refractivity contribution >= 4 is 15.9 Å². The molecule has 2 rings (SSSR count). The van der Waals surface area contributed by atoms with Crippen molar-refractivity contribution in [3.05, 3.63) is 12.3 Å². The molecule has 8 heteroatoms. The minimum absolute atomic E-state index is 0.0681. The second-order valence-electron chi connectivity index (χ2n) is 4.83. The molecule has 0 atom stereocenters. The highest BCUT2D eigenvalue weighted by atomic mass is 32.2. The first-order chi connectivity index (χ1) is 8.93. The Kier molecular flexibility index (Phi) is 3.91. The quantitative estimate of drug-likeness (QED) is 0.840. The van der Waals surface area contributed by atoms with Crippen LogP contribution < -0.4 is 0 Å². The van der Waals surface area contributed by atoms with Gasteiger partial charge in [-0.3, -0.25) is 9.89 Å². The van der Waals surface area contributed by atoms with Gasteiger partial charge >= 0.3 is 0 Å². The lowest BCUT2D eigenvalue weighted by atomic mass is 9.97. The molecule has 1 aliphatic heterocycles. The van der Waals surface area contributed by atoms with E-state index in [0.717, 1.165) is 0 Å². The van der Waals surface area contributed by atoms with Crippen LogP contribution >= 0.6 is 0 Å². The molecule has 7 nitrogen and oxygen atoms in total. The standard InChI is InChI=1S/C11H18N4O3S/c1-14(2)11(16)9-4-7-15(8-5-9)19(17,18)10-3-6-12-13-10/h3,6,9H,4-5,7-8H2,1-2H3,(H,12,13). The molecule has 106 valence electrons. The number of aromatic nitrogens is 2. The van der Waals surface area contributed by atoms with Crippen molar-refractivity contribution < 1.29 is 13.2 Å². The maximum Gasteiger partial charge on any atom is 0.259 e. The minimum atomic E-state index is -3.50. The lowest BCUT2D eigenvalue weighted by Crippen LogP contribution is -2.42. The normalized spacial score (nSPS) is 18.4. The zero-order valence-electron chi connectivity index (χ0n) is 11.0. The summed E-state index contributed by atoms with van der Waals surface area (Å²) in [5, 5.41) is 6.23. The molecule has 1 N–H and O–H groups in total. The molecular formula is C11H18N4O3S. The Hall–Kier alpha value is -1.41. The molecule has 0 saturated carbocycles. The number of nitrogens with zero attached hydrogens (tertiary/aromatic N) is 3. The molecule has 1 aromatic rings. The molecule has 0 radical (unpaired) electrons. The lowest BCUT2D eigenvalue weighted by molar-refractivity contribution is -0.134. The molecule has 1 aliphatic rings. The van der Waals surface area contributed by atoms with E-state index in [2.05, 4.69) is 10.2 Å². The summed E-state index contributed by atoms with van der Waals surface area (Å²) in [5.41, 5.74) is 0. The Labute approximate surface area is 112 Å². The molecule has 0 aliphatic carbocycles. The predicted molar refractivity (Wildman–Crippen MR) is 68.8 cm³/mol. The van der Waals surface area contributed by atoms with Crippen LogP contribution in [0, 0.1) is 5.92 Å². The number of hydrogen-bond acceptors (Lipinski definition) is 4. The molecule has 1 saturated heterocycles. The van der Waals surface area contributed by atoms with Crippen molar-refractivity contribution in [1.29, 1.82) is 0 Å². The van der Waals surface area contributed by atoms with Gasteiger partial charge in [-0.1, -0.05) is 0 Å². The third kappa shape index (κ3) is 2.79. The molecule has 0 bridgehead atoms. The van der Waals surface area contributed by atoms with Gasteiger partial charge in [0.2, 0.25) is 5.91 Å². The van der Waals surface area contributed by atoms with E-state index < -0.39 is 10.0 Å².